The van der Waals surface area contributed by atoms with Crippen LogP contribution in [0.3, 0.4) is 0 Å². The number of nitrogens with zero attached hydrogens (tertiary/aromatic N) is 1. The molecule has 0 radical (unpaired) electrons. The lowest BCUT2D eigenvalue weighted by molar-refractivity contribution is 0.275. The summed E-state index contributed by atoms with van der Waals surface area (Å²) in [4.78, 5) is 2.62. The number of benzene rings is 1. The van der Waals surface area contributed by atoms with E-state index < -0.39 is 0 Å². The van der Waals surface area contributed by atoms with Crippen molar-refractivity contribution in [1.29, 1.82) is 0 Å². The van der Waals surface area contributed by atoms with E-state index in [-0.39, 0.29) is 0 Å². The van der Waals surface area contributed by atoms with E-state index >= 15 is 0 Å². The van der Waals surface area contributed by atoms with Crippen LogP contribution in [0.2, 0.25) is 0 Å². The molecule has 2 aliphatic heterocycles. The molecule has 0 aliphatic carbocycles. The zero-order valence-electron chi connectivity index (χ0n) is 10.7. The molecule has 0 bridgehead atoms. The Bertz CT molecular complexity index is 388. The van der Waals surface area contributed by atoms with Crippen molar-refractivity contribution < 1.29 is 0 Å². The molecule has 0 aromatic heterocycles. The van der Waals surface area contributed by atoms with Gasteiger partial charge in [-0.05, 0) is 36.4 Å². The van der Waals surface area contributed by atoms with Crippen molar-refractivity contribution in [3.63, 3.8) is 0 Å². The molecule has 17 heavy (non-hydrogen) atoms. The van der Waals surface area contributed by atoms with Gasteiger partial charge >= 0.3 is 0 Å². The summed E-state index contributed by atoms with van der Waals surface area (Å²) in [6.45, 7) is 7.22. The predicted molar refractivity (Wildman–Crippen MR) is 71.0 cm³/mol. The minimum Gasteiger partial charge on any atom is -0.308 e. The molecule has 2 heteroatoms. The first-order valence-corrected chi connectivity index (χ1v) is 6.84. The van der Waals surface area contributed by atoms with Gasteiger partial charge in [-0.15, -0.1) is 0 Å². The standard InChI is InChI=1S/C15H22N2/c1-12-6-7-17(10-12)11-15-8-13-4-2-3-5-14(13)9-16-15/h2-5,12,15-16H,6-11H2,1H3. The first-order valence-electron chi connectivity index (χ1n) is 6.84. The molecule has 2 heterocycles. The highest BCUT2D eigenvalue weighted by atomic mass is 15.2. The van der Waals surface area contributed by atoms with Crippen molar-refractivity contribution in [3.05, 3.63) is 35.4 Å². The number of nitrogens with one attached hydrogen (secondary N) is 1. The molecule has 1 aromatic carbocycles. The minimum absolute atomic E-state index is 0.648. The van der Waals surface area contributed by atoms with Gasteiger partial charge in [0.25, 0.3) is 0 Å². The first kappa shape index (κ1) is 11.2. The maximum absolute atomic E-state index is 3.68. The monoisotopic (exact) mass is 230 g/mol. The molecular formula is C15H22N2. The Balaban J connectivity index is 1.61. The number of fused-ring (bicyclic) bond motifs is 1. The van der Waals surface area contributed by atoms with Crippen LogP contribution >= 0.6 is 0 Å². The molecule has 1 N–H and O–H groups in total. The fourth-order valence-corrected chi connectivity index (χ4v) is 3.15. The van der Waals surface area contributed by atoms with Crippen LogP contribution in [0.5, 0.6) is 0 Å². The van der Waals surface area contributed by atoms with Gasteiger partial charge in [0.2, 0.25) is 0 Å². The van der Waals surface area contributed by atoms with Crippen molar-refractivity contribution >= 4 is 0 Å². The van der Waals surface area contributed by atoms with Gasteiger partial charge < -0.3 is 10.2 Å². The normalized spacial score (nSPS) is 29.2. The second kappa shape index (κ2) is 4.79. The van der Waals surface area contributed by atoms with Crippen LogP contribution in [-0.2, 0) is 13.0 Å². The Labute approximate surface area is 104 Å². The molecule has 0 spiro atoms. The largest absolute Gasteiger partial charge is 0.308 e. The van der Waals surface area contributed by atoms with Gasteiger partial charge in [-0.3, -0.25) is 0 Å². The van der Waals surface area contributed by atoms with E-state index in [1.54, 1.807) is 5.56 Å². The van der Waals surface area contributed by atoms with Gasteiger partial charge in [-0.25, -0.2) is 0 Å². The maximum atomic E-state index is 3.68. The SMILES string of the molecule is CC1CCN(CC2Cc3ccccc3CN2)C1. The van der Waals surface area contributed by atoms with E-state index in [2.05, 4.69) is 41.4 Å². The molecule has 2 unspecified atom stereocenters. The summed E-state index contributed by atoms with van der Waals surface area (Å²) in [5, 5.41) is 3.68. The Hall–Kier alpha value is -0.860. The molecule has 2 aliphatic rings. The van der Waals surface area contributed by atoms with E-state index in [9.17, 15) is 0 Å². The summed E-state index contributed by atoms with van der Waals surface area (Å²) < 4.78 is 0. The van der Waals surface area contributed by atoms with E-state index in [1.807, 2.05) is 0 Å². The van der Waals surface area contributed by atoms with Crippen LogP contribution in [0.4, 0.5) is 0 Å². The summed E-state index contributed by atoms with van der Waals surface area (Å²) in [7, 11) is 0. The number of hydrogen-bond donors (Lipinski definition) is 1. The second-order valence-corrected chi connectivity index (χ2v) is 5.70. The third kappa shape index (κ3) is 2.53. The highest BCUT2D eigenvalue weighted by Crippen LogP contribution is 2.19. The Kier molecular flexibility index (Phi) is 3.17. The molecular weight excluding hydrogens is 208 g/mol. The Morgan fingerprint density at radius 1 is 1.29 bits per heavy atom. The molecule has 0 saturated carbocycles. The topological polar surface area (TPSA) is 15.3 Å². The van der Waals surface area contributed by atoms with E-state index in [0.717, 1.165) is 12.5 Å². The summed E-state index contributed by atoms with van der Waals surface area (Å²) in [5.41, 5.74) is 3.03. The van der Waals surface area contributed by atoms with E-state index in [4.69, 9.17) is 0 Å². The summed E-state index contributed by atoms with van der Waals surface area (Å²) in [5.74, 6) is 0.894. The fourth-order valence-electron chi connectivity index (χ4n) is 3.15. The van der Waals surface area contributed by atoms with Crippen LogP contribution in [0.15, 0.2) is 24.3 Å². The lowest BCUT2D eigenvalue weighted by Gasteiger charge is -2.29. The average molecular weight is 230 g/mol. The first-order chi connectivity index (χ1) is 8.31. The molecule has 92 valence electrons. The summed E-state index contributed by atoms with van der Waals surface area (Å²) in [6.07, 6.45) is 2.57. The van der Waals surface area contributed by atoms with Crippen LogP contribution in [0.1, 0.15) is 24.5 Å². The van der Waals surface area contributed by atoms with Gasteiger partial charge in [0, 0.05) is 25.7 Å². The summed E-state index contributed by atoms with van der Waals surface area (Å²) in [6, 6.07) is 9.49. The van der Waals surface area contributed by atoms with Gasteiger partial charge in [-0.2, -0.15) is 0 Å². The molecule has 1 saturated heterocycles. The Morgan fingerprint density at radius 2 is 2.12 bits per heavy atom. The number of hydrogen-bond acceptors (Lipinski definition) is 2. The molecule has 2 atom stereocenters. The molecule has 1 fully saturated rings. The highest BCUT2D eigenvalue weighted by Gasteiger charge is 2.24. The second-order valence-electron chi connectivity index (χ2n) is 5.70. The zero-order chi connectivity index (χ0) is 11.7. The number of likely N-dealkylation sites (tertiary alicyclic amines) is 1. The lowest BCUT2D eigenvalue weighted by atomic mass is 9.96. The molecule has 3 rings (SSSR count). The molecule has 2 nitrogen and oxygen atoms in total. The molecule has 1 aromatic rings. The van der Waals surface area contributed by atoms with Crippen molar-refractivity contribution in [2.75, 3.05) is 19.6 Å². The third-order valence-corrected chi connectivity index (χ3v) is 4.15. The Morgan fingerprint density at radius 3 is 2.88 bits per heavy atom. The van der Waals surface area contributed by atoms with Crippen molar-refractivity contribution in [3.8, 4) is 0 Å². The van der Waals surface area contributed by atoms with Gasteiger partial charge in [0.15, 0.2) is 0 Å². The number of rotatable bonds is 2. The van der Waals surface area contributed by atoms with Crippen molar-refractivity contribution in [1.82, 2.24) is 10.2 Å². The maximum Gasteiger partial charge on any atom is 0.0238 e. The summed E-state index contributed by atoms with van der Waals surface area (Å²) >= 11 is 0. The smallest absolute Gasteiger partial charge is 0.0238 e. The lowest BCUT2D eigenvalue weighted by Crippen LogP contribution is -2.44. The van der Waals surface area contributed by atoms with Gasteiger partial charge in [0.05, 0.1) is 0 Å². The predicted octanol–water partition coefficient (Wildman–Crippen LogP) is 2.04. The van der Waals surface area contributed by atoms with E-state index in [0.29, 0.717) is 6.04 Å². The average Bonchev–Trinajstić information content (AvgIpc) is 2.75. The quantitative estimate of drug-likeness (QED) is 0.836. The van der Waals surface area contributed by atoms with Crippen molar-refractivity contribution in [2.45, 2.75) is 32.4 Å². The zero-order valence-corrected chi connectivity index (χ0v) is 10.7. The van der Waals surface area contributed by atoms with Gasteiger partial charge in [-0.1, -0.05) is 31.2 Å². The van der Waals surface area contributed by atoms with Crippen molar-refractivity contribution in [2.24, 2.45) is 5.92 Å². The highest BCUT2D eigenvalue weighted by molar-refractivity contribution is 5.29. The van der Waals surface area contributed by atoms with Crippen LogP contribution in [-0.4, -0.2) is 30.6 Å². The fraction of sp³-hybridized carbons (Fsp3) is 0.600. The minimum atomic E-state index is 0.648. The molecule has 0 amide bonds. The van der Waals surface area contributed by atoms with Crippen LogP contribution in [0, 0.1) is 5.92 Å². The van der Waals surface area contributed by atoms with E-state index in [1.165, 1.54) is 38.0 Å². The third-order valence-electron chi connectivity index (χ3n) is 4.15. The van der Waals surface area contributed by atoms with Crippen LogP contribution in [0.25, 0.3) is 0 Å². The van der Waals surface area contributed by atoms with Crippen LogP contribution < -0.4 is 5.32 Å². The van der Waals surface area contributed by atoms with Gasteiger partial charge in [0.1, 0.15) is 0 Å².